The van der Waals surface area contributed by atoms with E-state index in [-0.39, 0.29) is 11.4 Å². The van der Waals surface area contributed by atoms with Crippen LogP contribution < -0.4 is 5.32 Å². The van der Waals surface area contributed by atoms with Crippen LogP contribution in [0.5, 0.6) is 0 Å². The molecule has 0 aromatic heterocycles. The van der Waals surface area contributed by atoms with Crippen molar-refractivity contribution in [3.63, 3.8) is 0 Å². The van der Waals surface area contributed by atoms with E-state index >= 15 is 0 Å². The maximum Gasteiger partial charge on any atom is 0.317 e. The van der Waals surface area contributed by atoms with Crippen LogP contribution in [0.2, 0.25) is 5.02 Å². The van der Waals surface area contributed by atoms with Crippen molar-refractivity contribution in [3.05, 3.63) is 34.9 Å². The first-order chi connectivity index (χ1) is 9.94. The third-order valence-corrected chi connectivity index (χ3v) is 4.46. The van der Waals surface area contributed by atoms with Gasteiger partial charge in [-0.3, -0.25) is 0 Å². The summed E-state index contributed by atoms with van der Waals surface area (Å²) in [5.74, 6) is 0.715. The standard InChI is InChI=1S/C17H25ClN2O/c1-4-20(11-13-9-10-13)16(21)19-12-17(2,3)14-7-5-6-8-15(14)18/h5-8,13H,4,9-12H2,1-3H3,(H,19,21). The summed E-state index contributed by atoms with van der Waals surface area (Å²) in [6, 6.07) is 7.86. The number of halogens is 1. The number of hydrogen-bond acceptors (Lipinski definition) is 1. The highest BCUT2D eigenvalue weighted by atomic mass is 35.5. The largest absolute Gasteiger partial charge is 0.337 e. The predicted octanol–water partition coefficient (Wildman–Crippen LogP) is 4.06. The molecule has 0 heterocycles. The topological polar surface area (TPSA) is 32.3 Å². The number of nitrogens with zero attached hydrogens (tertiary/aromatic N) is 1. The van der Waals surface area contributed by atoms with Gasteiger partial charge in [0.05, 0.1) is 0 Å². The van der Waals surface area contributed by atoms with Crippen molar-refractivity contribution in [2.24, 2.45) is 5.92 Å². The number of hydrogen-bond donors (Lipinski definition) is 1. The van der Waals surface area contributed by atoms with E-state index in [0.29, 0.717) is 12.5 Å². The van der Waals surface area contributed by atoms with Gasteiger partial charge < -0.3 is 10.2 Å². The van der Waals surface area contributed by atoms with Gasteiger partial charge >= 0.3 is 6.03 Å². The van der Waals surface area contributed by atoms with E-state index in [1.165, 1.54) is 12.8 Å². The molecule has 0 atom stereocenters. The average molecular weight is 309 g/mol. The van der Waals surface area contributed by atoms with E-state index in [4.69, 9.17) is 11.6 Å². The third-order valence-electron chi connectivity index (χ3n) is 4.13. The first-order valence-corrected chi connectivity index (χ1v) is 8.09. The Bertz CT molecular complexity index is 497. The van der Waals surface area contributed by atoms with Gasteiger partial charge in [0, 0.05) is 30.1 Å². The monoisotopic (exact) mass is 308 g/mol. The van der Waals surface area contributed by atoms with Gasteiger partial charge in [-0.1, -0.05) is 43.6 Å². The molecule has 116 valence electrons. The Kier molecular flexibility index (Phi) is 5.15. The van der Waals surface area contributed by atoms with Gasteiger partial charge in [-0.05, 0) is 37.3 Å². The molecule has 2 rings (SSSR count). The quantitative estimate of drug-likeness (QED) is 0.844. The Balaban J connectivity index is 1.94. The second kappa shape index (κ2) is 6.69. The Morgan fingerprint density at radius 3 is 2.62 bits per heavy atom. The van der Waals surface area contributed by atoms with Crippen LogP contribution in [-0.2, 0) is 5.41 Å². The zero-order valence-electron chi connectivity index (χ0n) is 13.2. The number of nitrogens with one attached hydrogen (secondary N) is 1. The lowest BCUT2D eigenvalue weighted by Gasteiger charge is -2.29. The van der Waals surface area contributed by atoms with Gasteiger partial charge in [-0.2, -0.15) is 0 Å². The fraction of sp³-hybridized carbons (Fsp3) is 0.588. The molecule has 1 N–H and O–H groups in total. The van der Waals surface area contributed by atoms with Crippen molar-refractivity contribution in [1.29, 1.82) is 0 Å². The molecule has 0 saturated heterocycles. The Morgan fingerprint density at radius 1 is 1.38 bits per heavy atom. The van der Waals surface area contributed by atoms with E-state index in [9.17, 15) is 4.79 Å². The summed E-state index contributed by atoms with van der Waals surface area (Å²) in [5, 5.41) is 3.81. The van der Waals surface area contributed by atoms with Crippen LogP contribution in [0, 0.1) is 5.92 Å². The maximum atomic E-state index is 12.3. The Hall–Kier alpha value is -1.22. The zero-order chi connectivity index (χ0) is 15.5. The molecule has 21 heavy (non-hydrogen) atoms. The number of carbonyl (C=O) groups is 1. The minimum Gasteiger partial charge on any atom is -0.337 e. The van der Waals surface area contributed by atoms with Crippen LogP contribution >= 0.6 is 11.6 Å². The van der Waals surface area contributed by atoms with Crippen LogP contribution in [0.1, 0.15) is 39.2 Å². The molecule has 0 unspecified atom stereocenters. The number of urea groups is 1. The van der Waals surface area contributed by atoms with E-state index < -0.39 is 0 Å². The molecule has 3 nitrogen and oxygen atoms in total. The summed E-state index contributed by atoms with van der Waals surface area (Å²) >= 11 is 6.27. The van der Waals surface area contributed by atoms with Crippen molar-refractivity contribution in [2.45, 2.75) is 39.0 Å². The number of rotatable bonds is 6. The van der Waals surface area contributed by atoms with Gasteiger partial charge in [0.25, 0.3) is 0 Å². The summed E-state index contributed by atoms with van der Waals surface area (Å²) in [5.41, 5.74) is 0.879. The summed E-state index contributed by atoms with van der Waals surface area (Å²) in [6.07, 6.45) is 2.52. The summed E-state index contributed by atoms with van der Waals surface area (Å²) in [6.45, 7) is 8.46. The highest BCUT2D eigenvalue weighted by Crippen LogP contribution is 2.30. The number of benzene rings is 1. The molecule has 0 radical (unpaired) electrons. The van der Waals surface area contributed by atoms with Gasteiger partial charge in [-0.15, -0.1) is 0 Å². The molecule has 2 amide bonds. The van der Waals surface area contributed by atoms with Gasteiger partial charge in [0.2, 0.25) is 0 Å². The second-order valence-electron chi connectivity index (χ2n) is 6.50. The van der Waals surface area contributed by atoms with Gasteiger partial charge in [0.15, 0.2) is 0 Å². The number of carbonyl (C=O) groups excluding carboxylic acids is 1. The molecule has 1 aromatic carbocycles. The van der Waals surface area contributed by atoms with E-state index in [2.05, 4.69) is 19.2 Å². The molecule has 0 bridgehead atoms. The smallest absolute Gasteiger partial charge is 0.317 e. The summed E-state index contributed by atoms with van der Waals surface area (Å²) in [7, 11) is 0. The third kappa shape index (κ3) is 4.37. The van der Waals surface area contributed by atoms with Gasteiger partial charge in [0.1, 0.15) is 0 Å². The molecule has 0 aliphatic heterocycles. The Morgan fingerprint density at radius 2 is 2.05 bits per heavy atom. The minimum atomic E-state index is -0.188. The lowest BCUT2D eigenvalue weighted by molar-refractivity contribution is 0.196. The molecule has 4 heteroatoms. The molecule has 1 aliphatic carbocycles. The highest BCUT2D eigenvalue weighted by Gasteiger charge is 2.28. The van der Waals surface area contributed by atoms with Crippen LogP contribution in [0.4, 0.5) is 4.79 Å². The normalized spacial score (nSPS) is 14.9. The lowest BCUT2D eigenvalue weighted by atomic mass is 9.84. The fourth-order valence-corrected chi connectivity index (χ4v) is 2.87. The summed E-state index contributed by atoms with van der Waals surface area (Å²) < 4.78 is 0. The molecule has 1 aliphatic rings. The van der Waals surface area contributed by atoms with E-state index in [0.717, 1.165) is 23.7 Å². The zero-order valence-corrected chi connectivity index (χ0v) is 13.9. The van der Waals surface area contributed by atoms with Crippen LogP contribution in [0.3, 0.4) is 0 Å². The molecule has 0 spiro atoms. The van der Waals surface area contributed by atoms with Crippen LogP contribution in [0.25, 0.3) is 0 Å². The molecular formula is C17H25ClN2O. The van der Waals surface area contributed by atoms with E-state index in [1.807, 2.05) is 36.1 Å². The predicted molar refractivity (Wildman–Crippen MR) is 87.8 cm³/mol. The van der Waals surface area contributed by atoms with Gasteiger partial charge in [-0.25, -0.2) is 4.79 Å². The van der Waals surface area contributed by atoms with Crippen molar-refractivity contribution < 1.29 is 4.79 Å². The average Bonchev–Trinajstić information content (AvgIpc) is 3.26. The SMILES string of the molecule is CCN(CC1CC1)C(=O)NCC(C)(C)c1ccccc1Cl. The highest BCUT2D eigenvalue weighted by molar-refractivity contribution is 6.31. The number of amides is 2. The minimum absolute atomic E-state index is 0.0320. The van der Waals surface area contributed by atoms with E-state index in [1.54, 1.807) is 0 Å². The lowest BCUT2D eigenvalue weighted by Crippen LogP contribution is -2.45. The first kappa shape index (κ1) is 16.2. The fourth-order valence-electron chi connectivity index (χ4n) is 2.48. The molecular weight excluding hydrogens is 284 g/mol. The molecule has 1 fully saturated rings. The summed E-state index contributed by atoms with van der Waals surface area (Å²) in [4.78, 5) is 14.2. The van der Waals surface area contributed by atoms with Crippen molar-refractivity contribution in [2.75, 3.05) is 19.6 Å². The maximum absolute atomic E-state index is 12.3. The second-order valence-corrected chi connectivity index (χ2v) is 6.91. The Labute approximate surface area is 132 Å². The molecule has 1 saturated carbocycles. The van der Waals surface area contributed by atoms with Crippen molar-refractivity contribution in [3.8, 4) is 0 Å². The van der Waals surface area contributed by atoms with Crippen LogP contribution in [0.15, 0.2) is 24.3 Å². The van der Waals surface area contributed by atoms with Crippen LogP contribution in [-0.4, -0.2) is 30.6 Å². The first-order valence-electron chi connectivity index (χ1n) is 7.72. The van der Waals surface area contributed by atoms with Crippen molar-refractivity contribution >= 4 is 17.6 Å². The van der Waals surface area contributed by atoms with Crippen molar-refractivity contribution in [1.82, 2.24) is 10.2 Å². The molecule has 1 aromatic rings.